The number of amides is 1. The van der Waals surface area contributed by atoms with E-state index in [4.69, 9.17) is 16.3 Å². The predicted molar refractivity (Wildman–Crippen MR) is 140 cm³/mol. The number of thioether (sulfide) groups is 1. The molecular formula is C23H14BrClFIN2O2S. The lowest BCUT2D eigenvalue weighted by molar-refractivity contribution is -0.115. The van der Waals surface area contributed by atoms with Gasteiger partial charge in [0.1, 0.15) is 12.4 Å². The van der Waals surface area contributed by atoms with Crippen molar-refractivity contribution in [2.24, 2.45) is 4.99 Å². The van der Waals surface area contributed by atoms with E-state index in [2.05, 4.69) is 48.8 Å². The Morgan fingerprint density at radius 3 is 2.56 bits per heavy atom. The molecule has 0 aromatic heterocycles. The van der Waals surface area contributed by atoms with E-state index in [-0.39, 0.29) is 11.7 Å². The van der Waals surface area contributed by atoms with Gasteiger partial charge in [0.05, 0.1) is 20.1 Å². The molecule has 32 heavy (non-hydrogen) atoms. The first-order valence-corrected chi connectivity index (χ1v) is 12.4. The van der Waals surface area contributed by atoms with E-state index in [1.807, 2.05) is 30.3 Å². The summed E-state index contributed by atoms with van der Waals surface area (Å²) in [5.74, 6) is -0.0670. The first kappa shape index (κ1) is 23.3. The van der Waals surface area contributed by atoms with Gasteiger partial charge in [-0.25, -0.2) is 9.38 Å². The van der Waals surface area contributed by atoms with Crippen molar-refractivity contribution < 1.29 is 13.9 Å². The predicted octanol–water partition coefficient (Wildman–Crippen LogP) is 7.32. The fourth-order valence-electron chi connectivity index (χ4n) is 2.80. The van der Waals surface area contributed by atoms with Crippen LogP contribution in [-0.4, -0.2) is 11.1 Å². The molecule has 3 aromatic rings. The fourth-order valence-corrected chi connectivity index (χ4v) is 4.99. The van der Waals surface area contributed by atoms with Crippen LogP contribution in [0.5, 0.6) is 5.75 Å². The van der Waals surface area contributed by atoms with E-state index in [0.29, 0.717) is 37.6 Å². The van der Waals surface area contributed by atoms with Crippen molar-refractivity contribution in [3.05, 3.63) is 95.6 Å². The summed E-state index contributed by atoms with van der Waals surface area (Å²) in [6.07, 6.45) is 1.73. The maximum Gasteiger partial charge on any atom is 0.264 e. The fraction of sp³-hybridized carbons (Fsp3) is 0.0435. The number of halogens is 4. The summed E-state index contributed by atoms with van der Waals surface area (Å²) in [6.45, 7) is 0.386. The van der Waals surface area contributed by atoms with E-state index in [1.165, 1.54) is 23.9 Å². The molecule has 0 bridgehead atoms. The van der Waals surface area contributed by atoms with Crippen LogP contribution in [-0.2, 0) is 11.4 Å². The summed E-state index contributed by atoms with van der Waals surface area (Å²) in [5, 5.41) is 3.57. The second-order valence-electron chi connectivity index (χ2n) is 6.69. The van der Waals surface area contributed by atoms with Crippen molar-refractivity contribution in [1.82, 2.24) is 5.32 Å². The zero-order chi connectivity index (χ0) is 22.7. The molecule has 1 aliphatic heterocycles. The molecule has 1 heterocycles. The Kier molecular flexibility index (Phi) is 7.55. The van der Waals surface area contributed by atoms with Crippen LogP contribution in [0.25, 0.3) is 6.08 Å². The third-order valence-corrected chi connectivity index (χ3v) is 6.82. The number of carbonyl (C=O) groups excluding carboxylic acids is 1. The smallest absolute Gasteiger partial charge is 0.264 e. The van der Waals surface area contributed by atoms with Gasteiger partial charge in [-0.1, -0.05) is 23.7 Å². The second-order valence-corrected chi connectivity index (χ2v) is 10.2. The maximum atomic E-state index is 13.1. The van der Waals surface area contributed by atoms with Gasteiger partial charge in [0.25, 0.3) is 5.91 Å². The minimum absolute atomic E-state index is 0.262. The van der Waals surface area contributed by atoms with Gasteiger partial charge in [-0.15, -0.1) is 0 Å². The Morgan fingerprint density at radius 1 is 1.16 bits per heavy atom. The molecule has 0 spiro atoms. The lowest BCUT2D eigenvalue weighted by atomic mass is 10.2. The maximum absolute atomic E-state index is 13.1. The van der Waals surface area contributed by atoms with Gasteiger partial charge < -0.3 is 10.1 Å². The number of ether oxygens (including phenoxy) is 1. The molecule has 4 nitrogen and oxygen atoms in total. The number of rotatable bonds is 5. The quantitative estimate of drug-likeness (QED) is 0.234. The van der Waals surface area contributed by atoms with Crippen LogP contribution in [0.4, 0.5) is 10.1 Å². The van der Waals surface area contributed by atoms with Crippen LogP contribution < -0.4 is 10.1 Å². The van der Waals surface area contributed by atoms with Crippen molar-refractivity contribution in [2.45, 2.75) is 6.61 Å². The summed E-state index contributed by atoms with van der Waals surface area (Å²) >= 11 is 13.4. The molecule has 9 heteroatoms. The van der Waals surface area contributed by atoms with Crippen molar-refractivity contribution in [3.63, 3.8) is 0 Å². The average molecular weight is 644 g/mol. The van der Waals surface area contributed by atoms with Gasteiger partial charge >= 0.3 is 0 Å². The zero-order valence-corrected chi connectivity index (χ0v) is 21.6. The van der Waals surface area contributed by atoms with Gasteiger partial charge in [-0.3, -0.25) is 4.79 Å². The van der Waals surface area contributed by atoms with Crippen LogP contribution in [0.2, 0.25) is 5.02 Å². The number of benzene rings is 3. The van der Waals surface area contributed by atoms with Crippen LogP contribution in [0, 0.1) is 9.39 Å². The molecular weight excluding hydrogens is 630 g/mol. The number of hydrogen-bond donors (Lipinski definition) is 1. The van der Waals surface area contributed by atoms with Crippen LogP contribution in [0.3, 0.4) is 0 Å². The Balaban J connectivity index is 1.49. The summed E-state index contributed by atoms with van der Waals surface area (Å²) in [7, 11) is 0. The third kappa shape index (κ3) is 5.92. The molecule has 1 aliphatic rings. The molecule has 1 fully saturated rings. The van der Waals surface area contributed by atoms with Crippen LogP contribution in [0.15, 0.2) is 75.0 Å². The standard InChI is InChI=1S/C23H14BrClFIN2O2S/c24-18-9-14(10-19(25)21(18)31-12-13-1-5-16(27)6-2-13)11-20-22(30)29-23(32-20)28-17-7-3-15(26)4-8-17/h1-11H,12H2,(H,28,29,30)/b20-11+. The molecule has 4 rings (SSSR count). The molecule has 0 aliphatic carbocycles. The highest BCUT2D eigenvalue weighted by molar-refractivity contribution is 14.1. The Bertz CT molecular complexity index is 1210. The highest BCUT2D eigenvalue weighted by Crippen LogP contribution is 2.37. The Morgan fingerprint density at radius 2 is 1.88 bits per heavy atom. The first-order chi connectivity index (χ1) is 15.4. The van der Waals surface area contributed by atoms with Gasteiger partial charge in [0.2, 0.25) is 0 Å². The van der Waals surface area contributed by atoms with Crippen molar-refractivity contribution in [2.75, 3.05) is 0 Å². The minimum Gasteiger partial charge on any atom is -0.486 e. The number of nitrogens with one attached hydrogen (secondary N) is 1. The van der Waals surface area contributed by atoms with E-state index in [1.54, 1.807) is 24.3 Å². The van der Waals surface area contributed by atoms with E-state index >= 15 is 0 Å². The highest BCUT2D eigenvalue weighted by atomic mass is 127. The molecule has 0 unspecified atom stereocenters. The van der Waals surface area contributed by atoms with Crippen LogP contribution in [0.1, 0.15) is 11.1 Å². The van der Waals surface area contributed by atoms with E-state index in [9.17, 15) is 9.18 Å². The Hall–Kier alpha value is -1.88. The monoisotopic (exact) mass is 642 g/mol. The van der Waals surface area contributed by atoms with Gasteiger partial charge in [0, 0.05) is 3.57 Å². The molecule has 162 valence electrons. The summed E-state index contributed by atoms with van der Waals surface area (Å²) < 4.78 is 20.8. The average Bonchev–Trinajstić information content (AvgIpc) is 3.09. The van der Waals surface area contributed by atoms with Gasteiger partial charge in [-0.05, 0) is 116 Å². The molecule has 0 saturated carbocycles. The molecule has 1 amide bonds. The normalized spacial score (nSPS) is 15.9. The largest absolute Gasteiger partial charge is 0.486 e. The topological polar surface area (TPSA) is 50.7 Å². The van der Waals surface area contributed by atoms with Gasteiger partial charge in [0.15, 0.2) is 10.9 Å². The number of carbonyl (C=O) groups is 1. The van der Waals surface area contributed by atoms with Gasteiger partial charge in [-0.2, -0.15) is 0 Å². The summed E-state index contributed by atoms with van der Waals surface area (Å²) in [5.41, 5.74) is 2.33. The summed E-state index contributed by atoms with van der Waals surface area (Å²) in [6, 6.07) is 17.3. The molecule has 0 atom stereocenters. The molecule has 1 saturated heterocycles. The SMILES string of the molecule is O=C1NC(=Nc2ccc(F)cc2)S/C1=C/c1cc(Cl)c(OCc2ccc(I)cc2)c(Br)c1. The lowest BCUT2D eigenvalue weighted by Crippen LogP contribution is -2.19. The van der Waals surface area contributed by atoms with Crippen molar-refractivity contribution in [3.8, 4) is 5.75 Å². The second kappa shape index (κ2) is 10.4. The number of aliphatic imine (C=N–C) groups is 1. The number of amidine groups is 1. The highest BCUT2D eigenvalue weighted by Gasteiger charge is 2.24. The molecule has 3 aromatic carbocycles. The van der Waals surface area contributed by atoms with Crippen LogP contribution >= 0.6 is 61.9 Å². The van der Waals surface area contributed by atoms with E-state index in [0.717, 1.165) is 14.7 Å². The first-order valence-electron chi connectivity index (χ1n) is 9.29. The zero-order valence-electron chi connectivity index (χ0n) is 16.2. The number of hydrogen-bond acceptors (Lipinski definition) is 4. The Labute approximate surface area is 215 Å². The third-order valence-electron chi connectivity index (χ3n) is 4.32. The van der Waals surface area contributed by atoms with Crippen molar-refractivity contribution >= 4 is 84.7 Å². The minimum atomic E-state index is -0.342. The molecule has 0 radical (unpaired) electrons. The number of nitrogens with zero attached hydrogens (tertiary/aromatic N) is 1. The van der Waals surface area contributed by atoms with Crippen molar-refractivity contribution in [1.29, 1.82) is 0 Å². The summed E-state index contributed by atoms with van der Waals surface area (Å²) in [4.78, 5) is 17.1. The molecule has 1 N–H and O–H groups in total. The lowest BCUT2D eigenvalue weighted by Gasteiger charge is -2.11. The van der Waals surface area contributed by atoms with E-state index < -0.39 is 0 Å².